The van der Waals surface area contributed by atoms with E-state index in [-0.39, 0.29) is 17.4 Å². The average molecular weight is 582 g/mol. The van der Waals surface area contributed by atoms with E-state index in [1.54, 1.807) is 12.4 Å². The van der Waals surface area contributed by atoms with Gasteiger partial charge in [0.2, 0.25) is 0 Å². The van der Waals surface area contributed by atoms with Crippen LogP contribution in [-0.4, -0.2) is 28.9 Å². The summed E-state index contributed by atoms with van der Waals surface area (Å²) in [5.41, 5.74) is 6.81. The van der Waals surface area contributed by atoms with Gasteiger partial charge in [-0.2, -0.15) is 0 Å². The normalized spacial score (nSPS) is 19.6. The first-order valence-corrected chi connectivity index (χ1v) is 15.7. The van der Waals surface area contributed by atoms with Gasteiger partial charge in [-0.1, -0.05) is 73.7 Å². The number of anilines is 1. The fourth-order valence-electron chi connectivity index (χ4n) is 6.81. The SMILES string of the molecule is C=Cc1ccc(C)c(F)c1CCC1CCC(C/C(C)=C/c2ccccc2)(Cc2ncnc(NC(C)NCC)c2N=CC)C1. The van der Waals surface area contributed by atoms with Crippen molar-refractivity contribution in [3.63, 3.8) is 0 Å². The molecule has 2 N–H and O–H groups in total. The molecule has 1 heterocycles. The molecule has 43 heavy (non-hydrogen) atoms. The quantitative estimate of drug-likeness (QED) is 0.147. The van der Waals surface area contributed by atoms with Gasteiger partial charge in [-0.3, -0.25) is 10.3 Å². The van der Waals surface area contributed by atoms with Crippen LogP contribution in [0.3, 0.4) is 0 Å². The van der Waals surface area contributed by atoms with Gasteiger partial charge >= 0.3 is 0 Å². The minimum absolute atomic E-state index is 0.0311. The lowest BCUT2D eigenvalue weighted by atomic mass is 9.75. The number of hydrogen-bond donors (Lipinski definition) is 2. The van der Waals surface area contributed by atoms with Crippen molar-refractivity contribution in [1.29, 1.82) is 0 Å². The summed E-state index contributed by atoms with van der Waals surface area (Å²) in [6.07, 6.45) is 14.4. The van der Waals surface area contributed by atoms with Crippen molar-refractivity contribution in [1.82, 2.24) is 15.3 Å². The molecule has 1 fully saturated rings. The molecule has 5 nitrogen and oxygen atoms in total. The third kappa shape index (κ3) is 8.47. The van der Waals surface area contributed by atoms with E-state index in [4.69, 9.17) is 9.98 Å². The summed E-state index contributed by atoms with van der Waals surface area (Å²) in [5.74, 6) is 1.18. The number of halogens is 1. The molecule has 0 bridgehead atoms. The maximum Gasteiger partial charge on any atom is 0.156 e. The van der Waals surface area contributed by atoms with Gasteiger partial charge in [-0.15, -0.1) is 0 Å². The minimum atomic E-state index is -0.0850. The standard InChI is InChI=1S/C37H48FN5/c1-7-31-17-15-27(5)34(38)32(31)18-16-30-19-20-37(23-30,22-26(4)21-29-13-11-10-12-14-29)24-33-35(40-9-3)36(42-25-41-33)43-28(6)39-8-2/h7,9-15,17,21,25,28,30,39H,1,8,16,18-20,22-24H2,2-6H3,(H,41,42,43)/b26-21+,40-9?. The number of allylic oxidation sites excluding steroid dienone is 1. The number of rotatable bonds is 14. The number of aromatic nitrogens is 2. The Morgan fingerprint density at radius 3 is 2.72 bits per heavy atom. The van der Waals surface area contributed by atoms with E-state index in [2.05, 4.69) is 79.4 Å². The molecule has 0 saturated heterocycles. The van der Waals surface area contributed by atoms with E-state index in [0.717, 1.165) is 79.8 Å². The zero-order chi connectivity index (χ0) is 30.8. The van der Waals surface area contributed by atoms with E-state index in [0.29, 0.717) is 11.5 Å². The first kappa shape index (κ1) is 32.3. The van der Waals surface area contributed by atoms with Gasteiger partial charge < -0.3 is 5.32 Å². The summed E-state index contributed by atoms with van der Waals surface area (Å²) >= 11 is 0. The molecule has 3 atom stereocenters. The van der Waals surface area contributed by atoms with Crippen LogP contribution in [0.1, 0.15) is 87.7 Å². The molecule has 3 aromatic rings. The van der Waals surface area contributed by atoms with E-state index in [1.165, 1.54) is 11.1 Å². The summed E-state index contributed by atoms with van der Waals surface area (Å²) in [5, 5.41) is 6.88. The molecule has 1 aromatic heterocycles. The van der Waals surface area contributed by atoms with E-state index in [1.807, 2.05) is 32.2 Å². The van der Waals surface area contributed by atoms with Gasteiger partial charge in [0.15, 0.2) is 5.82 Å². The third-order valence-electron chi connectivity index (χ3n) is 8.73. The fourth-order valence-corrected chi connectivity index (χ4v) is 6.81. The number of hydrogen-bond acceptors (Lipinski definition) is 5. The van der Waals surface area contributed by atoms with Crippen molar-refractivity contribution in [3.05, 3.63) is 94.7 Å². The van der Waals surface area contributed by atoms with Crippen LogP contribution in [0, 0.1) is 24.1 Å². The summed E-state index contributed by atoms with van der Waals surface area (Å²) in [6, 6.07) is 14.4. The molecule has 1 saturated carbocycles. The highest BCUT2D eigenvalue weighted by Gasteiger charge is 2.40. The summed E-state index contributed by atoms with van der Waals surface area (Å²) in [6.45, 7) is 15.0. The van der Waals surface area contributed by atoms with Crippen molar-refractivity contribution < 1.29 is 4.39 Å². The number of aliphatic imine (C=N–C) groups is 1. The summed E-state index contributed by atoms with van der Waals surface area (Å²) < 4.78 is 15.1. The van der Waals surface area contributed by atoms with Crippen LogP contribution in [0.2, 0.25) is 0 Å². The number of nitrogens with one attached hydrogen (secondary N) is 2. The van der Waals surface area contributed by atoms with Crippen molar-refractivity contribution in [2.45, 2.75) is 85.7 Å². The van der Waals surface area contributed by atoms with Gasteiger partial charge in [-0.05, 0) is 113 Å². The van der Waals surface area contributed by atoms with Crippen LogP contribution >= 0.6 is 0 Å². The van der Waals surface area contributed by atoms with Crippen LogP contribution in [0.15, 0.2) is 65.9 Å². The molecule has 6 heteroatoms. The molecule has 1 aliphatic carbocycles. The molecule has 3 unspecified atom stereocenters. The second-order valence-electron chi connectivity index (χ2n) is 12.2. The Morgan fingerprint density at radius 1 is 1.21 bits per heavy atom. The molecule has 0 aliphatic heterocycles. The van der Waals surface area contributed by atoms with Crippen molar-refractivity contribution in [2.75, 3.05) is 11.9 Å². The Labute approximate surface area is 257 Å². The van der Waals surface area contributed by atoms with Crippen LogP contribution < -0.4 is 10.6 Å². The zero-order valence-electron chi connectivity index (χ0n) is 26.6. The smallest absolute Gasteiger partial charge is 0.156 e. The van der Waals surface area contributed by atoms with Gasteiger partial charge in [0.25, 0.3) is 0 Å². The number of nitrogens with zero attached hydrogens (tertiary/aromatic N) is 3. The minimum Gasteiger partial charge on any atom is -0.353 e. The van der Waals surface area contributed by atoms with E-state index >= 15 is 4.39 Å². The maximum atomic E-state index is 15.1. The molecular formula is C37H48FN5. The second kappa shape index (κ2) is 15.2. The van der Waals surface area contributed by atoms with E-state index in [9.17, 15) is 0 Å². The summed E-state index contributed by atoms with van der Waals surface area (Å²) in [4.78, 5) is 14.1. The molecule has 2 aromatic carbocycles. The van der Waals surface area contributed by atoms with Crippen LogP contribution in [0.5, 0.6) is 0 Å². The predicted molar refractivity (Wildman–Crippen MR) is 180 cm³/mol. The van der Waals surface area contributed by atoms with Crippen molar-refractivity contribution in [3.8, 4) is 0 Å². The first-order chi connectivity index (χ1) is 20.8. The Hall–Kier alpha value is -3.64. The molecule has 1 aliphatic rings. The highest BCUT2D eigenvalue weighted by molar-refractivity contribution is 5.70. The van der Waals surface area contributed by atoms with Crippen LogP contribution in [-0.2, 0) is 12.8 Å². The molecule has 0 radical (unpaired) electrons. The molecule has 4 rings (SSSR count). The van der Waals surface area contributed by atoms with Gasteiger partial charge in [0.05, 0.1) is 11.9 Å². The maximum absolute atomic E-state index is 15.1. The van der Waals surface area contributed by atoms with Crippen molar-refractivity contribution >= 4 is 29.9 Å². The average Bonchev–Trinajstić information content (AvgIpc) is 3.38. The van der Waals surface area contributed by atoms with Gasteiger partial charge in [0.1, 0.15) is 17.8 Å². The molecule has 0 amide bonds. The highest BCUT2D eigenvalue weighted by atomic mass is 19.1. The third-order valence-corrected chi connectivity index (χ3v) is 8.73. The Balaban J connectivity index is 1.63. The molecule has 228 valence electrons. The Kier molecular flexibility index (Phi) is 11.4. The largest absolute Gasteiger partial charge is 0.353 e. The monoisotopic (exact) mass is 581 g/mol. The number of benzene rings is 2. The van der Waals surface area contributed by atoms with Crippen molar-refractivity contribution in [2.24, 2.45) is 16.3 Å². The van der Waals surface area contributed by atoms with Crippen LogP contribution in [0.4, 0.5) is 15.9 Å². The van der Waals surface area contributed by atoms with Gasteiger partial charge in [0, 0.05) is 6.21 Å². The zero-order valence-corrected chi connectivity index (χ0v) is 26.6. The van der Waals surface area contributed by atoms with Crippen LogP contribution in [0.25, 0.3) is 12.2 Å². The first-order valence-electron chi connectivity index (χ1n) is 15.7. The Bertz CT molecular complexity index is 1430. The van der Waals surface area contributed by atoms with E-state index < -0.39 is 0 Å². The fraction of sp³-hybridized carbons (Fsp3) is 0.432. The second-order valence-corrected chi connectivity index (χ2v) is 12.2. The highest BCUT2D eigenvalue weighted by Crippen LogP contribution is 2.51. The predicted octanol–water partition coefficient (Wildman–Crippen LogP) is 9.11. The molecular weight excluding hydrogens is 533 g/mol. The summed E-state index contributed by atoms with van der Waals surface area (Å²) in [7, 11) is 0. The lowest BCUT2D eigenvalue weighted by Crippen LogP contribution is -2.33. The Morgan fingerprint density at radius 2 is 2.00 bits per heavy atom. The molecule has 0 spiro atoms. The lowest BCUT2D eigenvalue weighted by Gasteiger charge is -2.31. The lowest BCUT2D eigenvalue weighted by molar-refractivity contribution is 0.273. The number of aryl methyl sites for hydroxylation is 1. The topological polar surface area (TPSA) is 62.2 Å². The van der Waals surface area contributed by atoms with Gasteiger partial charge in [-0.25, -0.2) is 14.4 Å².